The van der Waals surface area contributed by atoms with Crippen molar-refractivity contribution in [3.63, 3.8) is 0 Å². The van der Waals surface area contributed by atoms with Crippen LogP contribution >= 0.6 is 0 Å². The lowest BCUT2D eigenvalue weighted by atomic mass is 10.1. The largest absolute Gasteiger partial charge is 0.435 e. The van der Waals surface area contributed by atoms with Crippen LogP contribution < -0.4 is 15.4 Å². The maximum absolute atomic E-state index is 12.1. The van der Waals surface area contributed by atoms with Crippen molar-refractivity contribution in [2.75, 3.05) is 11.9 Å². The highest BCUT2D eigenvalue weighted by molar-refractivity contribution is 6.04. The molecule has 3 rings (SSSR count). The molecule has 0 spiro atoms. The Kier molecular flexibility index (Phi) is 5.61. The van der Waals surface area contributed by atoms with Crippen molar-refractivity contribution in [2.24, 2.45) is 0 Å². The van der Waals surface area contributed by atoms with Gasteiger partial charge in [-0.05, 0) is 35.7 Å². The van der Waals surface area contributed by atoms with Crippen molar-refractivity contribution in [3.05, 3.63) is 72.3 Å². The Morgan fingerprint density at radius 2 is 1.63 bits per heavy atom. The van der Waals surface area contributed by atoms with E-state index in [2.05, 4.69) is 15.4 Å². The number of hydrogen-bond donors (Lipinski definition) is 2. The number of fused-ring (bicyclic) bond motifs is 1. The van der Waals surface area contributed by atoms with E-state index in [0.717, 1.165) is 10.8 Å². The lowest BCUT2D eigenvalue weighted by molar-refractivity contribution is -0.115. The summed E-state index contributed by atoms with van der Waals surface area (Å²) in [5, 5.41) is 7.14. The van der Waals surface area contributed by atoms with Gasteiger partial charge in [-0.1, -0.05) is 36.4 Å². The molecule has 0 bridgehead atoms. The molecule has 0 saturated heterocycles. The van der Waals surface area contributed by atoms with Crippen molar-refractivity contribution < 1.29 is 23.1 Å². The molecule has 138 valence electrons. The number of amides is 2. The molecular weight excluding hydrogens is 354 g/mol. The molecule has 0 aliphatic rings. The van der Waals surface area contributed by atoms with Crippen molar-refractivity contribution in [1.82, 2.24) is 5.32 Å². The van der Waals surface area contributed by atoms with E-state index in [-0.39, 0.29) is 23.8 Å². The van der Waals surface area contributed by atoms with E-state index < -0.39 is 12.5 Å². The minimum Gasteiger partial charge on any atom is -0.435 e. The predicted molar refractivity (Wildman–Crippen MR) is 98.0 cm³/mol. The summed E-state index contributed by atoms with van der Waals surface area (Å²) in [5.41, 5.74) is 0.885. The molecule has 0 radical (unpaired) electrons. The molecule has 7 heteroatoms. The van der Waals surface area contributed by atoms with E-state index in [1.807, 2.05) is 36.4 Å². The van der Waals surface area contributed by atoms with E-state index in [9.17, 15) is 18.4 Å². The summed E-state index contributed by atoms with van der Waals surface area (Å²) >= 11 is 0. The Bertz CT molecular complexity index is 954. The lowest BCUT2D eigenvalue weighted by Gasteiger charge is -2.10. The number of benzene rings is 3. The van der Waals surface area contributed by atoms with Crippen LogP contribution in [-0.4, -0.2) is 25.0 Å². The molecule has 2 N–H and O–H groups in total. The Labute approximate surface area is 153 Å². The molecular formula is C20H16F2N2O3. The minimum absolute atomic E-state index is 0.0461. The fraction of sp³-hybridized carbons (Fsp3) is 0.100. The second-order valence-corrected chi connectivity index (χ2v) is 5.66. The third-order valence-corrected chi connectivity index (χ3v) is 3.81. The van der Waals surface area contributed by atoms with Gasteiger partial charge in [0, 0.05) is 16.6 Å². The highest BCUT2D eigenvalue weighted by Crippen LogP contribution is 2.22. The molecule has 2 amide bonds. The topological polar surface area (TPSA) is 67.4 Å². The van der Waals surface area contributed by atoms with Gasteiger partial charge in [-0.15, -0.1) is 0 Å². The summed E-state index contributed by atoms with van der Waals surface area (Å²) in [6.45, 7) is -3.15. The van der Waals surface area contributed by atoms with E-state index in [1.54, 1.807) is 6.07 Å². The molecule has 5 nitrogen and oxygen atoms in total. The molecule has 0 aliphatic heterocycles. The van der Waals surface area contributed by atoms with Gasteiger partial charge < -0.3 is 15.4 Å². The van der Waals surface area contributed by atoms with Crippen LogP contribution in [0.15, 0.2) is 66.7 Å². The predicted octanol–water partition coefficient (Wildman–Crippen LogP) is 3.81. The van der Waals surface area contributed by atoms with Crippen molar-refractivity contribution in [2.45, 2.75) is 6.61 Å². The standard InChI is InChI=1S/C20H16F2N2O3/c21-20(22)27-15-10-8-14(9-11-15)19(26)23-12-18(25)24-17-7-3-5-13-4-1-2-6-16(13)17/h1-11,20H,12H2,(H,23,26)(H,24,25). The lowest BCUT2D eigenvalue weighted by Crippen LogP contribution is -2.32. The van der Waals surface area contributed by atoms with Gasteiger partial charge in [-0.2, -0.15) is 8.78 Å². The fourth-order valence-corrected chi connectivity index (χ4v) is 2.58. The summed E-state index contributed by atoms with van der Waals surface area (Å²) in [4.78, 5) is 24.2. The van der Waals surface area contributed by atoms with Gasteiger partial charge in [0.2, 0.25) is 5.91 Å². The quantitative estimate of drug-likeness (QED) is 0.693. The first-order valence-electron chi connectivity index (χ1n) is 8.13. The fourth-order valence-electron chi connectivity index (χ4n) is 2.58. The van der Waals surface area contributed by atoms with Crippen molar-refractivity contribution in [3.8, 4) is 5.75 Å². The first-order valence-corrected chi connectivity index (χ1v) is 8.13. The van der Waals surface area contributed by atoms with Gasteiger partial charge in [0.1, 0.15) is 5.75 Å². The van der Waals surface area contributed by atoms with Gasteiger partial charge >= 0.3 is 6.61 Å². The van der Waals surface area contributed by atoms with Gasteiger partial charge in [0.15, 0.2) is 0 Å². The number of nitrogens with one attached hydrogen (secondary N) is 2. The first-order chi connectivity index (χ1) is 13.0. The summed E-state index contributed by atoms with van der Waals surface area (Å²) < 4.78 is 28.5. The smallest absolute Gasteiger partial charge is 0.387 e. The zero-order chi connectivity index (χ0) is 19.2. The molecule has 0 heterocycles. The van der Waals surface area contributed by atoms with E-state index in [4.69, 9.17) is 0 Å². The minimum atomic E-state index is -2.93. The number of alkyl halides is 2. The number of carbonyl (C=O) groups is 2. The van der Waals surface area contributed by atoms with Gasteiger partial charge in [0.25, 0.3) is 5.91 Å². The Hall–Kier alpha value is -3.48. The summed E-state index contributed by atoms with van der Waals surface area (Å²) in [5.74, 6) is -0.917. The number of hydrogen-bond acceptors (Lipinski definition) is 3. The van der Waals surface area contributed by atoms with E-state index in [0.29, 0.717) is 5.69 Å². The molecule has 3 aromatic rings. The average Bonchev–Trinajstić information content (AvgIpc) is 2.66. The van der Waals surface area contributed by atoms with Crippen LogP contribution in [0, 0.1) is 0 Å². The van der Waals surface area contributed by atoms with Crippen LogP contribution in [0.4, 0.5) is 14.5 Å². The van der Waals surface area contributed by atoms with Crippen molar-refractivity contribution in [1.29, 1.82) is 0 Å². The molecule has 0 aromatic heterocycles. The normalized spacial score (nSPS) is 10.6. The maximum atomic E-state index is 12.1. The Morgan fingerprint density at radius 3 is 2.37 bits per heavy atom. The molecule has 0 aliphatic carbocycles. The third kappa shape index (κ3) is 4.78. The van der Waals surface area contributed by atoms with Crippen LogP contribution in [0.3, 0.4) is 0 Å². The summed E-state index contributed by atoms with van der Waals surface area (Å²) in [7, 11) is 0. The zero-order valence-electron chi connectivity index (χ0n) is 14.1. The van der Waals surface area contributed by atoms with E-state index in [1.165, 1.54) is 24.3 Å². The zero-order valence-corrected chi connectivity index (χ0v) is 14.1. The van der Waals surface area contributed by atoms with Crippen LogP contribution in [0.1, 0.15) is 10.4 Å². The van der Waals surface area contributed by atoms with Crippen LogP contribution in [0.25, 0.3) is 10.8 Å². The molecule has 3 aromatic carbocycles. The van der Waals surface area contributed by atoms with Crippen molar-refractivity contribution >= 4 is 28.3 Å². The third-order valence-electron chi connectivity index (χ3n) is 3.81. The van der Waals surface area contributed by atoms with Crippen LogP contribution in [0.2, 0.25) is 0 Å². The number of ether oxygens (including phenoxy) is 1. The van der Waals surface area contributed by atoms with Gasteiger partial charge in [0.05, 0.1) is 6.54 Å². The first kappa shape index (κ1) is 18.3. The highest BCUT2D eigenvalue weighted by Gasteiger charge is 2.10. The molecule has 0 atom stereocenters. The second-order valence-electron chi connectivity index (χ2n) is 5.66. The number of carbonyl (C=O) groups excluding carboxylic acids is 2. The molecule has 0 fully saturated rings. The SMILES string of the molecule is O=C(CNC(=O)c1ccc(OC(F)F)cc1)Nc1cccc2ccccc12. The summed E-state index contributed by atoms with van der Waals surface area (Å²) in [6.07, 6.45) is 0. The second kappa shape index (κ2) is 8.27. The maximum Gasteiger partial charge on any atom is 0.387 e. The van der Waals surface area contributed by atoms with Gasteiger partial charge in [-0.3, -0.25) is 9.59 Å². The molecule has 0 unspecified atom stereocenters. The Morgan fingerprint density at radius 1 is 0.926 bits per heavy atom. The molecule has 0 saturated carbocycles. The number of rotatable bonds is 6. The Balaban J connectivity index is 1.57. The number of halogens is 2. The van der Waals surface area contributed by atoms with Gasteiger partial charge in [-0.25, -0.2) is 0 Å². The van der Waals surface area contributed by atoms with Crippen LogP contribution in [0.5, 0.6) is 5.75 Å². The monoisotopic (exact) mass is 370 g/mol. The van der Waals surface area contributed by atoms with E-state index >= 15 is 0 Å². The molecule has 27 heavy (non-hydrogen) atoms. The van der Waals surface area contributed by atoms with Crippen LogP contribution in [-0.2, 0) is 4.79 Å². The number of anilines is 1. The summed E-state index contributed by atoms with van der Waals surface area (Å²) in [6, 6.07) is 18.4. The highest BCUT2D eigenvalue weighted by atomic mass is 19.3. The average molecular weight is 370 g/mol.